The van der Waals surface area contributed by atoms with Crippen LogP contribution in [-0.2, 0) is 21.4 Å². The zero-order valence-electron chi connectivity index (χ0n) is 13.5. The highest BCUT2D eigenvalue weighted by atomic mass is 32.2. The lowest BCUT2D eigenvalue weighted by Gasteiger charge is -2.21. The smallest absolute Gasteiger partial charge is 0.335 e. The van der Waals surface area contributed by atoms with Crippen LogP contribution in [0.15, 0.2) is 24.3 Å². The molecule has 0 aliphatic carbocycles. The Bertz CT molecular complexity index is 651. The van der Waals surface area contributed by atoms with Gasteiger partial charge in [0.05, 0.1) is 5.56 Å². The minimum Gasteiger partial charge on any atom is -0.478 e. The van der Waals surface area contributed by atoms with Crippen molar-refractivity contribution in [2.75, 3.05) is 25.9 Å². The van der Waals surface area contributed by atoms with Crippen LogP contribution in [0.1, 0.15) is 29.8 Å². The quantitative estimate of drug-likeness (QED) is 0.761. The first-order valence-corrected chi connectivity index (χ1v) is 8.86. The molecule has 1 aromatic carbocycles. The molecule has 0 bridgehead atoms. The molecule has 0 aliphatic heterocycles. The summed E-state index contributed by atoms with van der Waals surface area (Å²) in [4.78, 5) is 24.2. The number of aromatic carboxylic acids is 1. The van der Waals surface area contributed by atoms with Crippen LogP contribution in [0.2, 0.25) is 0 Å². The number of carboxylic acid groups (broad SMARTS) is 1. The second-order valence-electron chi connectivity index (χ2n) is 5.09. The fraction of sp³-hybridized carbons (Fsp3) is 0.467. The van der Waals surface area contributed by atoms with Crippen molar-refractivity contribution in [3.05, 3.63) is 35.4 Å². The van der Waals surface area contributed by atoms with Crippen molar-refractivity contribution >= 4 is 21.9 Å². The number of carbonyl (C=O) groups is 2. The summed E-state index contributed by atoms with van der Waals surface area (Å²) in [5.41, 5.74) is 0.887. The van der Waals surface area contributed by atoms with Crippen LogP contribution in [0.4, 0.5) is 0 Å². The Hall–Kier alpha value is -1.93. The molecule has 23 heavy (non-hydrogen) atoms. The van der Waals surface area contributed by atoms with Crippen molar-refractivity contribution in [1.29, 1.82) is 0 Å². The van der Waals surface area contributed by atoms with E-state index >= 15 is 0 Å². The van der Waals surface area contributed by atoms with Gasteiger partial charge in [-0.3, -0.25) is 4.79 Å². The summed E-state index contributed by atoms with van der Waals surface area (Å²) in [6.45, 7) is 4.31. The standard InChI is InChI=1S/C15H22N2O5S/c1-4-17(5-2)23(21,22)11-14(18)16(3)10-12-6-8-13(9-7-12)15(19)20/h6-9H,4-5,10-11H2,1-3H3,(H,19,20). The molecule has 7 nitrogen and oxygen atoms in total. The summed E-state index contributed by atoms with van der Waals surface area (Å²) in [6, 6.07) is 6.10. The van der Waals surface area contributed by atoms with E-state index in [2.05, 4.69) is 0 Å². The van der Waals surface area contributed by atoms with Crippen LogP contribution in [0.5, 0.6) is 0 Å². The second kappa shape index (κ2) is 8.07. The summed E-state index contributed by atoms with van der Waals surface area (Å²) in [7, 11) is -2.09. The molecule has 0 atom stereocenters. The Labute approximate surface area is 136 Å². The van der Waals surface area contributed by atoms with E-state index in [0.717, 1.165) is 5.56 Å². The Morgan fingerprint density at radius 1 is 1.09 bits per heavy atom. The summed E-state index contributed by atoms with van der Waals surface area (Å²) < 4.78 is 25.4. The van der Waals surface area contributed by atoms with Crippen LogP contribution >= 0.6 is 0 Å². The normalized spacial score (nSPS) is 11.5. The van der Waals surface area contributed by atoms with Gasteiger partial charge in [-0.05, 0) is 17.7 Å². The molecule has 0 unspecified atom stereocenters. The fourth-order valence-electron chi connectivity index (χ4n) is 2.09. The van der Waals surface area contributed by atoms with Gasteiger partial charge in [0.15, 0.2) is 0 Å². The molecule has 128 valence electrons. The van der Waals surface area contributed by atoms with Crippen LogP contribution in [-0.4, -0.2) is 60.5 Å². The highest BCUT2D eigenvalue weighted by molar-refractivity contribution is 7.89. The van der Waals surface area contributed by atoms with Gasteiger partial charge in [0, 0.05) is 26.7 Å². The van der Waals surface area contributed by atoms with Gasteiger partial charge < -0.3 is 10.0 Å². The number of hydrogen-bond donors (Lipinski definition) is 1. The van der Waals surface area contributed by atoms with Crippen molar-refractivity contribution in [3.63, 3.8) is 0 Å². The van der Waals surface area contributed by atoms with Gasteiger partial charge in [-0.2, -0.15) is 0 Å². The van der Waals surface area contributed by atoms with Gasteiger partial charge in [0.25, 0.3) is 0 Å². The number of benzene rings is 1. The number of sulfonamides is 1. The number of carbonyl (C=O) groups excluding carboxylic acids is 1. The topological polar surface area (TPSA) is 95.0 Å². The largest absolute Gasteiger partial charge is 0.478 e. The number of nitrogens with zero attached hydrogens (tertiary/aromatic N) is 2. The molecular weight excluding hydrogens is 320 g/mol. The zero-order chi connectivity index (χ0) is 17.6. The lowest BCUT2D eigenvalue weighted by atomic mass is 10.1. The molecule has 1 rings (SSSR count). The third-order valence-electron chi connectivity index (χ3n) is 3.45. The SMILES string of the molecule is CCN(CC)S(=O)(=O)CC(=O)N(C)Cc1ccc(C(=O)O)cc1. The molecule has 0 aliphatic rings. The number of carboxylic acids is 1. The number of hydrogen-bond acceptors (Lipinski definition) is 4. The first-order valence-electron chi connectivity index (χ1n) is 7.25. The molecule has 0 fully saturated rings. The predicted octanol–water partition coefficient (Wildman–Crippen LogP) is 1.01. The first-order chi connectivity index (χ1) is 10.7. The Morgan fingerprint density at radius 3 is 2.04 bits per heavy atom. The molecule has 0 spiro atoms. The van der Waals surface area contributed by atoms with Crippen LogP contribution < -0.4 is 0 Å². The highest BCUT2D eigenvalue weighted by Gasteiger charge is 2.24. The molecule has 0 aromatic heterocycles. The highest BCUT2D eigenvalue weighted by Crippen LogP contribution is 2.09. The molecule has 0 radical (unpaired) electrons. The summed E-state index contributed by atoms with van der Waals surface area (Å²) in [5.74, 6) is -2.09. The Balaban J connectivity index is 2.72. The molecule has 1 aromatic rings. The average molecular weight is 342 g/mol. The third kappa shape index (κ3) is 5.33. The van der Waals surface area contributed by atoms with E-state index in [1.807, 2.05) is 0 Å². The van der Waals surface area contributed by atoms with E-state index in [4.69, 9.17) is 5.11 Å². The van der Waals surface area contributed by atoms with E-state index in [1.165, 1.54) is 28.4 Å². The zero-order valence-corrected chi connectivity index (χ0v) is 14.3. The molecular formula is C15H22N2O5S. The van der Waals surface area contributed by atoms with Crippen molar-refractivity contribution < 1.29 is 23.1 Å². The molecule has 1 amide bonds. The minimum atomic E-state index is -3.61. The van der Waals surface area contributed by atoms with Crippen LogP contribution in [0, 0.1) is 0 Å². The van der Waals surface area contributed by atoms with Crippen molar-refractivity contribution in [1.82, 2.24) is 9.21 Å². The summed E-state index contributed by atoms with van der Waals surface area (Å²) in [6.07, 6.45) is 0. The van der Waals surface area contributed by atoms with E-state index in [9.17, 15) is 18.0 Å². The van der Waals surface area contributed by atoms with Gasteiger partial charge in [0.1, 0.15) is 5.75 Å². The predicted molar refractivity (Wildman–Crippen MR) is 86.6 cm³/mol. The Kier molecular flexibility index (Phi) is 6.71. The van der Waals surface area contributed by atoms with Gasteiger partial charge in [0.2, 0.25) is 15.9 Å². The maximum absolute atomic E-state index is 12.1. The van der Waals surface area contributed by atoms with E-state index in [1.54, 1.807) is 26.0 Å². The van der Waals surface area contributed by atoms with Crippen molar-refractivity contribution in [2.45, 2.75) is 20.4 Å². The van der Waals surface area contributed by atoms with E-state index < -0.39 is 27.7 Å². The molecule has 1 N–H and O–H groups in total. The van der Waals surface area contributed by atoms with Crippen molar-refractivity contribution in [2.24, 2.45) is 0 Å². The average Bonchev–Trinajstić information content (AvgIpc) is 2.48. The van der Waals surface area contributed by atoms with Crippen molar-refractivity contribution in [3.8, 4) is 0 Å². The van der Waals surface area contributed by atoms with Crippen LogP contribution in [0.25, 0.3) is 0 Å². The van der Waals surface area contributed by atoms with E-state index in [0.29, 0.717) is 13.1 Å². The molecule has 0 heterocycles. The molecule has 8 heteroatoms. The monoisotopic (exact) mass is 342 g/mol. The van der Waals surface area contributed by atoms with Gasteiger partial charge in [-0.15, -0.1) is 0 Å². The second-order valence-corrected chi connectivity index (χ2v) is 7.06. The van der Waals surface area contributed by atoms with Gasteiger partial charge in [-0.25, -0.2) is 17.5 Å². The fourth-order valence-corrected chi connectivity index (χ4v) is 3.59. The molecule has 0 saturated carbocycles. The number of amides is 1. The molecule has 0 saturated heterocycles. The number of rotatable bonds is 8. The lowest BCUT2D eigenvalue weighted by molar-refractivity contribution is -0.127. The van der Waals surface area contributed by atoms with Gasteiger partial charge >= 0.3 is 5.97 Å². The maximum Gasteiger partial charge on any atom is 0.335 e. The third-order valence-corrected chi connectivity index (χ3v) is 5.37. The maximum atomic E-state index is 12.1. The first kappa shape index (κ1) is 19.1. The van der Waals surface area contributed by atoms with E-state index in [-0.39, 0.29) is 12.1 Å². The van der Waals surface area contributed by atoms with Crippen LogP contribution in [0.3, 0.4) is 0 Å². The summed E-state index contributed by atoms with van der Waals surface area (Å²) >= 11 is 0. The van der Waals surface area contributed by atoms with Gasteiger partial charge in [-0.1, -0.05) is 26.0 Å². The Morgan fingerprint density at radius 2 is 1.61 bits per heavy atom. The minimum absolute atomic E-state index is 0.159. The lowest BCUT2D eigenvalue weighted by Crippen LogP contribution is -2.39. The summed E-state index contributed by atoms with van der Waals surface area (Å²) in [5, 5.41) is 8.84.